The lowest BCUT2D eigenvalue weighted by Gasteiger charge is -2.08. The first-order valence-electron chi connectivity index (χ1n) is 8.04. The second-order valence-corrected chi connectivity index (χ2v) is 6.03. The molecule has 3 aromatic rings. The van der Waals surface area contributed by atoms with E-state index in [1.54, 1.807) is 4.68 Å². The lowest BCUT2D eigenvalue weighted by molar-refractivity contribution is -0.137. The predicted octanol–water partition coefficient (Wildman–Crippen LogP) is 3.48. The molecule has 0 fully saturated rings. The van der Waals surface area contributed by atoms with Crippen molar-refractivity contribution in [1.82, 2.24) is 19.7 Å². The number of hydrogen-bond acceptors (Lipinski definition) is 4. The molecular weight excluding hydrogens is 359 g/mol. The summed E-state index contributed by atoms with van der Waals surface area (Å²) in [4.78, 5) is 20.4. The van der Waals surface area contributed by atoms with E-state index in [4.69, 9.17) is 0 Å². The van der Waals surface area contributed by atoms with Crippen molar-refractivity contribution < 1.29 is 18.0 Å². The highest BCUT2D eigenvalue weighted by atomic mass is 19.4. The summed E-state index contributed by atoms with van der Waals surface area (Å²) in [5.74, 6) is -0.00133. The maximum Gasteiger partial charge on any atom is 0.416 e. The van der Waals surface area contributed by atoms with Crippen molar-refractivity contribution in [2.75, 3.05) is 5.32 Å². The van der Waals surface area contributed by atoms with Gasteiger partial charge in [-0.05, 0) is 37.6 Å². The van der Waals surface area contributed by atoms with E-state index < -0.39 is 11.7 Å². The summed E-state index contributed by atoms with van der Waals surface area (Å²) in [6.45, 7) is 3.74. The zero-order valence-electron chi connectivity index (χ0n) is 14.6. The number of benzene rings is 1. The van der Waals surface area contributed by atoms with Gasteiger partial charge in [0, 0.05) is 5.69 Å². The molecule has 0 aliphatic carbocycles. The predicted molar refractivity (Wildman–Crippen MR) is 92.4 cm³/mol. The first kappa shape index (κ1) is 18.6. The molecule has 0 spiro atoms. The van der Waals surface area contributed by atoms with Crippen molar-refractivity contribution in [3.8, 4) is 5.95 Å². The fraction of sp³-hybridized carbons (Fsp3) is 0.222. The monoisotopic (exact) mass is 375 g/mol. The number of anilines is 1. The molecule has 6 nitrogen and oxygen atoms in total. The van der Waals surface area contributed by atoms with Gasteiger partial charge in [-0.1, -0.05) is 12.1 Å². The number of aromatic nitrogens is 4. The Morgan fingerprint density at radius 2 is 1.74 bits per heavy atom. The molecule has 0 aliphatic rings. The number of halogens is 3. The van der Waals surface area contributed by atoms with Crippen LogP contribution < -0.4 is 5.32 Å². The van der Waals surface area contributed by atoms with Crippen molar-refractivity contribution in [1.29, 1.82) is 0 Å². The Balaban J connectivity index is 1.63. The largest absolute Gasteiger partial charge is 0.416 e. The summed E-state index contributed by atoms with van der Waals surface area (Å²) in [5, 5.41) is 6.89. The summed E-state index contributed by atoms with van der Waals surface area (Å²) in [7, 11) is 0. The van der Waals surface area contributed by atoms with Gasteiger partial charge in [0.15, 0.2) is 0 Å². The fourth-order valence-electron chi connectivity index (χ4n) is 2.53. The zero-order valence-corrected chi connectivity index (χ0v) is 14.6. The van der Waals surface area contributed by atoms with Gasteiger partial charge in [-0.3, -0.25) is 4.79 Å². The highest BCUT2D eigenvalue weighted by Crippen LogP contribution is 2.29. The number of carbonyl (C=O) groups excluding carboxylic acids is 1. The van der Waals surface area contributed by atoms with Gasteiger partial charge in [-0.15, -0.1) is 0 Å². The van der Waals surface area contributed by atoms with Gasteiger partial charge < -0.3 is 5.32 Å². The smallest absolute Gasteiger partial charge is 0.323 e. The van der Waals surface area contributed by atoms with Gasteiger partial charge in [0.05, 0.1) is 35.8 Å². The van der Waals surface area contributed by atoms with Crippen molar-refractivity contribution in [2.45, 2.75) is 26.4 Å². The molecule has 140 valence electrons. The number of nitrogens with zero attached hydrogens (tertiary/aromatic N) is 4. The number of carbonyl (C=O) groups is 1. The summed E-state index contributed by atoms with van der Waals surface area (Å²) in [5.41, 5.74) is 1.83. The highest BCUT2D eigenvalue weighted by molar-refractivity contribution is 5.91. The van der Waals surface area contributed by atoms with Crippen LogP contribution in [0.15, 0.2) is 42.7 Å². The molecule has 9 heteroatoms. The zero-order chi connectivity index (χ0) is 19.6. The van der Waals surface area contributed by atoms with E-state index in [0.29, 0.717) is 17.2 Å². The second kappa shape index (κ2) is 7.18. The van der Waals surface area contributed by atoms with Gasteiger partial charge in [0.25, 0.3) is 5.95 Å². The lowest BCUT2D eigenvalue weighted by atomic mass is 10.1. The van der Waals surface area contributed by atoms with Gasteiger partial charge >= 0.3 is 6.18 Å². The average Bonchev–Trinajstić information content (AvgIpc) is 2.93. The standard InChI is InChI=1S/C18H16F3N5O/c1-11-7-12(2)26(25-11)17-22-9-15(10-23-17)24-16(27)8-13-3-5-14(6-4-13)18(19,20)21/h3-7,9-10H,8H2,1-2H3,(H,24,27). The number of alkyl halides is 3. The molecule has 1 amide bonds. The minimum Gasteiger partial charge on any atom is -0.323 e. The number of aryl methyl sites for hydroxylation is 2. The van der Waals surface area contributed by atoms with Crippen LogP contribution in [-0.2, 0) is 17.4 Å². The van der Waals surface area contributed by atoms with Crippen molar-refractivity contribution in [3.05, 3.63) is 65.2 Å². The molecule has 1 aromatic carbocycles. The van der Waals surface area contributed by atoms with Gasteiger partial charge in [-0.25, -0.2) is 14.6 Å². The minimum atomic E-state index is -4.40. The Hall–Kier alpha value is -3.23. The first-order valence-corrected chi connectivity index (χ1v) is 8.04. The summed E-state index contributed by atoms with van der Waals surface area (Å²) >= 11 is 0. The van der Waals surface area contributed by atoms with Crippen LogP contribution in [0.3, 0.4) is 0 Å². The summed E-state index contributed by atoms with van der Waals surface area (Å²) in [6, 6.07) is 6.36. The molecule has 0 aliphatic heterocycles. The van der Waals surface area contributed by atoms with E-state index in [0.717, 1.165) is 23.5 Å². The van der Waals surface area contributed by atoms with Crippen LogP contribution in [0.25, 0.3) is 5.95 Å². The molecule has 0 bridgehead atoms. The number of rotatable bonds is 4. The van der Waals surface area contributed by atoms with Gasteiger partial charge in [0.2, 0.25) is 5.91 Å². The number of hydrogen-bond donors (Lipinski definition) is 1. The third kappa shape index (κ3) is 4.49. The Labute approximate surface area is 153 Å². The molecule has 2 heterocycles. The normalized spacial score (nSPS) is 11.4. The van der Waals surface area contributed by atoms with E-state index in [1.165, 1.54) is 24.5 Å². The Morgan fingerprint density at radius 3 is 2.26 bits per heavy atom. The van der Waals surface area contributed by atoms with E-state index in [9.17, 15) is 18.0 Å². The summed E-state index contributed by atoms with van der Waals surface area (Å²) in [6.07, 6.45) is -1.56. The Kier molecular flexibility index (Phi) is 4.93. The van der Waals surface area contributed by atoms with Crippen molar-refractivity contribution in [2.24, 2.45) is 0 Å². The van der Waals surface area contributed by atoms with Crippen LogP contribution in [0.4, 0.5) is 18.9 Å². The van der Waals surface area contributed by atoms with Crippen LogP contribution in [0.2, 0.25) is 0 Å². The molecule has 0 atom stereocenters. The van der Waals surface area contributed by atoms with Crippen molar-refractivity contribution >= 4 is 11.6 Å². The highest BCUT2D eigenvalue weighted by Gasteiger charge is 2.29. The van der Waals surface area contributed by atoms with Crippen LogP contribution in [0, 0.1) is 13.8 Å². The fourth-order valence-corrected chi connectivity index (χ4v) is 2.53. The van der Waals surface area contributed by atoms with Gasteiger partial charge in [0.1, 0.15) is 0 Å². The minimum absolute atomic E-state index is 0.0582. The SMILES string of the molecule is Cc1cc(C)n(-c2ncc(NC(=O)Cc3ccc(C(F)(F)F)cc3)cn2)n1. The molecule has 1 N–H and O–H groups in total. The first-order chi connectivity index (χ1) is 12.7. The molecule has 0 radical (unpaired) electrons. The van der Waals surface area contributed by atoms with Crippen LogP contribution in [0.1, 0.15) is 22.5 Å². The summed E-state index contributed by atoms with van der Waals surface area (Å²) < 4.78 is 39.2. The van der Waals surface area contributed by atoms with E-state index in [2.05, 4.69) is 20.4 Å². The quantitative estimate of drug-likeness (QED) is 0.758. The molecule has 3 rings (SSSR count). The van der Waals surface area contributed by atoms with E-state index in [1.807, 2.05) is 19.9 Å². The van der Waals surface area contributed by atoms with Crippen LogP contribution in [0.5, 0.6) is 0 Å². The van der Waals surface area contributed by atoms with Crippen LogP contribution >= 0.6 is 0 Å². The van der Waals surface area contributed by atoms with E-state index >= 15 is 0 Å². The molecule has 0 saturated heterocycles. The molecule has 27 heavy (non-hydrogen) atoms. The average molecular weight is 375 g/mol. The maximum atomic E-state index is 12.6. The lowest BCUT2D eigenvalue weighted by Crippen LogP contribution is -2.15. The molecule has 2 aromatic heterocycles. The second-order valence-electron chi connectivity index (χ2n) is 6.03. The maximum absolute atomic E-state index is 12.6. The number of amides is 1. The van der Waals surface area contributed by atoms with Crippen molar-refractivity contribution in [3.63, 3.8) is 0 Å². The Morgan fingerprint density at radius 1 is 1.11 bits per heavy atom. The third-order valence-corrected chi connectivity index (χ3v) is 3.77. The van der Waals surface area contributed by atoms with E-state index in [-0.39, 0.29) is 12.3 Å². The van der Waals surface area contributed by atoms with Gasteiger partial charge in [-0.2, -0.15) is 18.3 Å². The Bertz CT molecular complexity index is 947. The van der Waals surface area contributed by atoms with Crippen LogP contribution in [-0.4, -0.2) is 25.7 Å². The molecular formula is C18H16F3N5O. The molecule has 0 saturated carbocycles. The molecule has 0 unspecified atom stereocenters. The topological polar surface area (TPSA) is 72.7 Å². The number of nitrogens with one attached hydrogen (secondary N) is 1. The third-order valence-electron chi connectivity index (χ3n) is 3.77.